The summed E-state index contributed by atoms with van der Waals surface area (Å²) in [6, 6.07) is 3.76. The third kappa shape index (κ3) is 6.86. The number of furan rings is 1. The lowest BCUT2D eigenvalue weighted by molar-refractivity contribution is 0.0513. The molecule has 0 saturated heterocycles. The van der Waals surface area contributed by atoms with E-state index in [1.165, 1.54) is 0 Å². The van der Waals surface area contributed by atoms with E-state index in [4.69, 9.17) is 9.15 Å². The van der Waals surface area contributed by atoms with E-state index in [9.17, 15) is 4.79 Å². The number of alkyl carbamates (subject to hydrolysis) is 1. The fraction of sp³-hybridized carbons (Fsp3) is 0.643. The molecule has 5 nitrogen and oxygen atoms in total. The molecule has 0 aliphatic rings. The Balaban J connectivity index is 2.32. The predicted octanol–water partition coefficient (Wildman–Crippen LogP) is 2.67. The van der Waals surface area contributed by atoms with E-state index in [1.807, 2.05) is 46.8 Å². The predicted molar refractivity (Wildman–Crippen MR) is 73.9 cm³/mol. The van der Waals surface area contributed by atoms with Gasteiger partial charge in [-0.05, 0) is 46.8 Å². The number of hydrogen-bond donors (Lipinski definition) is 2. The minimum Gasteiger partial charge on any atom is -0.468 e. The standard InChI is InChI=1S/C14H24N2O3/c1-13(2,3)19-12(17)15-10-14(4,5)16-9-11-7-6-8-18-11/h6-8,16H,9-10H2,1-5H3,(H,15,17). The molecular weight excluding hydrogens is 244 g/mol. The molecule has 1 heterocycles. The Kier molecular flexibility index (Phi) is 5.00. The van der Waals surface area contributed by atoms with Crippen LogP contribution in [0.1, 0.15) is 40.4 Å². The smallest absolute Gasteiger partial charge is 0.407 e. The zero-order valence-electron chi connectivity index (χ0n) is 12.4. The molecule has 1 aromatic rings. The normalized spacial score (nSPS) is 12.3. The maximum absolute atomic E-state index is 11.6. The van der Waals surface area contributed by atoms with Crippen LogP contribution in [0.3, 0.4) is 0 Å². The maximum Gasteiger partial charge on any atom is 0.407 e. The van der Waals surface area contributed by atoms with Crippen LogP contribution in [0.5, 0.6) is 0 Å². The molecule has 0 bridgehead atoms. The maximum atomic E-state index is 11.6. The molecule has 0 aromatic carbocycles. The largest absolute Gasteiger partial charge is 0.468 e. The summed E-state index contributed by atoms with van der Waals surface area (Å²) in [5.41, 5.74) is -0.723. The molecule has 19 heavy (non-hydrogen) atoms. The molecule has 5 heteroatoms. The van der Waals surface area contributed by atoms with Gasteiger partial charge in [-0.2, -0.15) is 0 Å². The van der Waals surface area contributed by atoms with Crippen molar-refractivity contribution in [1.82, 2.24) is 10.6 Å². The minimum atomic E-state index is -0.476. The first-order chi connectivity index (χ1) is 8.68. The van der Waals surface area contributed by atoms with Crippen molar-refractivity contribution in [3.8, 4) is 0 Å². The zero-order chi connectivity index (χ0) is 14.5. The van der Waals surface area contributed by atoms with Gasteiger partial charge in [-0.1, -0.05) is 0 Å². The minimum absolute atomic E-state index is 0.246. The monoisotopic (exact) mass is 268 g/mol. The van der Waals surface area contributed by atoms with Gasteiger partial charge in [0.05, 0.1) is 12.8 Å². The first-order valence-electron chi connectivity index (χ1n) is 6.42. The lowest BCUT2D eigenvalue weighted by atomic mass is 10.1. The van der Waals surface area contributed by atoms with E-state index in [0.29, 0.717) is 13.1 Å². The van der Waals surface area contributed by atoms with Crippen molar-refractivity contribution in [1.29, 1.82) is 0 Å². The second-order valence-electron chi connectivity index (χ2n) is 6.17. The topological polar surface area (TPSA) is 63.5 Å². The molecule has 0 aliphatic carbocycles. The number of ether oxygens (including phenoxy) is 1. The highest BCUT2D eigenvalue weighted by Gasteiger charge is 2.21. The zero-order valence-corrected chi connectivity index (χ0v) is 12.4. The molecular formula is C14H24N2O3. The lowest BCUT2D eigenvalue weighted by Gasteiger charge is -2.27. The number of hydrogen-bond acceptors (Lipinski definition) is 4. The summed E-state index contributed by atoms with van der Waals surface area (Å²) in [7, 11) is 0. The van der Waals surface area contributed by atoms with Gasteiger partial charge < -0.3 is 19.8 Å². The SMILES string of the molecule is CC(C)(CNC(=O)OC(C)(C)C)NCc1ccco1. The summed E-state index contributed by atoms with van der Waals surface area (Å²) in [4.78, 5) is 11.6. The van der Waals surface area contributed by atoms with Gasteiger partial charge in [-0.25, -0.2) is 4.79 Å². The van der Waals surface area contributed by atoms with Gasteiger partial charge in [0.25, 0.3) is 0 Å². The van der Waals surface area contributed by atoms with Gasteiger partial charge in [0, 0.05) is 12.1 Å². The van der Waals surface area contributed by atoms with Crippen molar-refractivity contribution >= 4 is 6.09 Å². The van der Waals surface area contributed by atoms with Gasteiger partial charge in [-0.3, -0.25) is 0 Å². The molecule has 0 aliphatic heterocycles. The molecule has 0 unspecified atom stereocenters. The van der Waals surface area contributed by atoms with Crippen molar-refractivity contribution in [2.75, 3.05) is 6.54 Å². The summed E-state index contributed by atoms with van der Waals surface area (Å²) in [6.07, 6.45) is 1.24. The average molecular weight is 268 g/mol. The lowest BCUT2D eigenvalue weighted by Crippen LogP contribution is -2.49. The van der Waals surface area contributed by atoms with E-state index >= 15 is 0 Å². The quantitative estimate of drug-likeness (QED) is 0.861. The number of rotatable bonds is 5. The first kappa shape index (κ1) is 15.6. The summed E-state index contributed by atoms with van der Waals surface area (Å²) < 4.78 is 10.4. The molecule has 0 saturated carbocycles. The van der Waals surface area contributed by atoms with Crippen LogP contribution in [0.4, 0.5) is 4.79 Å². The molecule has 0 atom stereocenters. The highest BCUT2D eigenvalue weighted by atomic mass is 16.6. The molecule has 0 radical (unpaired) electrons. The van der Waals surface area contributed by atoms with Crippen LogP contribution >= 0.6 is 0 Å². The number of carbonyl (C=O) groups excluding carboxylic acids is 1. The summed E-state index contributed by atoms with van der Waals surface area (Å²) in [5.74, 6) is 0.866. The molecule has 1 amide bonds. The van der Waals surface area contributed by atoms with Crippen LogP contribution in [0.15, 0.2) is 22.8 Å². The van der Waals surface area contributed by atoms with E-state index in [2.05, 4.69) is 10.6 Å². The van der Waals surface area contributed by atoms with Gasteiger partial charge in [0.15, 0.2) is 0 Å². The summed E-state index contributed by atoms with van der Waals surface area (Å²) >= 11 is 0. The van der Waals surface area contributed by atoms with Crippen molar-refractivity contribution in [2.24, 2.45) is 0 Å². The Morgan fingerprint density at radius 1 is 1.32 bits per heavy atom. The van der Waals surface area contributed by atoms with Crippen LogP contribution < -0.4 is 10.6 Å². The van der Waals surface area contributed by atoms with Crippen molar-refractivity contribution < 1.29 is 13.9 Å². The molecule has 0 spiro atoms. The van der Waals surface area contributed by atoms with Crippen LogP contribution in [0, 0.1) is 0 Å². The number of amides is 1. The third-order valence-corrected chi connectivity index (χ3v) is 2.39. The van der Waals surface area contributed by atoms with Crippen LogP contribution in [0.25, 0.3) is 0 Å². The molecule has 108 valence electrons. The van der Waals surface area contributed by atoms with Crippen molar-refractivity contribution in [2.45, 2.75) is 52.3 Å². The Morgan fingerprint density at radius 2 is 2.00 bits per heavy atom. The Morgan fingerprint density at radius 3 is 2.53 bits per heavy atom. The van der Waals surface area contributed by atoms with Gasteiger partial charge >= 0.3 is 6.09 Å². The van der Waals surface area contributed by atoms with Crippen LogP contribution in [-0.4, -0.2) is 23.8 Å². The Hall–Kier alpha value is -1.49. The molecule has 1 aromatic heterocycles. The van der Waals surface area contributed by atoms with Crippen LogP contribution in [-0.2, 0) is 11.3 Å². The fourth-order valence-corrected chi connectivity index (χ4v) is 1.41. The van der Waals surface area contributed by atoms with E-state index in [-0.39, 0.29) is 5.54 Å². The fourth-order valence-electron chi connectivity index (χ4n) is 1.41. The van der Waals surface area contributed by atoms with Crippen molar-refractivity contribution in [3.05, 3.63) is 24.2 Å². The molecule has 1 rings (SSSR count). The molecule has 0 fully saturated rings. The highest BCUT2D eigenvalue weighted by molar-refractivity contribution is 5.67. The van der Waals surface area contributed by atoms with E-state index < -0.39 is 11.7 Å². The third-order valence-electron chi connectivity index (χ3n) is 2.39. The summed E-state index contributed by atoms with van der Waals surface area (Å²) in [5, 5.41) is 6.07. The van der Waals surface area contributed by atoms with Gasteiger partial charge in [0.1, 0.15) is 11.4 Å². The second kappa shape index (κ2) is 6.10. The van der Waals surface area contributed by atoms with Gasteiger partial charge in [0.2, 0.25) is 0 Å². The average Bonchev–Trinajstić information content (AvgIpc) is 2.74. The number of carbonyl (C=O) groups is 1. The van der Waals surface area contributed by atoms with E-state index in [1.54, 1.807) is 6.26 Å². The number of nitrogens with one attached hydrogen (secondary N) is 2. The Bertz CT molecular complexity index is 391. The van der Waals surface area contributed by atoms with Crippen LogP contribution in [0.2, 0.25) is 0 Å². The first-order valence-corrected chi connectivity index (χ1v) is 6.42. The Labute approximate surface area is 114 Å². The summed E-state index contributed by atoms with van der Waals surface area (Å²) in [6.45, 7) is 10.6. The second-order valence-corrected chi connectivity index (χ2v) is 6.17. The molecule has 2 N–H and O–H groups in total. The van der Waals surface area contributed by atoms with Gasteiger partial charge in [-0.15, -0.1) is 0 Å². The van der Waals surface area contributed by atoms with Crippen molar-refractivity contribution in [3.63, 3.8) is 0 Å². The highest BCUT2D eigenvalue weighted by Crippen LogP contribution is 2.08. The van der Waals surface area contributed by atoms with E-state index in [0.717, 1.165) is 5.76 Å².